The lowest BCUT2D eigenvalue weighted by Gasteiger charge is -2.19. The van der Waals surface area contributed by atoms with Gasteiger partial charge in [0.15, 0.2) is 0 Å². The second kappa shape index (κ2) is 6.59. The smallest absolute Gasteiger partial charge is 0.241 e. The molecule has 1 aromatic carbocycles. The monoisotopic (exact) mass is 339 g/mol. The van der Waals surface area contributed by atoms with Crippen molar-refractivity contribution in [3.63, 3.8) is 0 Å². The number of nitrogens with two attached hydrogens (primary N) is 1. The average Bonchev–Trinajstić information content (AvgIpc) is 3.17. The molecule has 0 unspecified atom stereocenters. The molecule has 0 heterocycles. The van der Waals surface area contributed by atoms with Gasteiger partial charge in [0.1, 0.15) is 0 Å². The number of amides is 1. The van der Waals surface area contributed by atoms with Crippen molar-refractivity contribution < 1.29 is 4.79 Å². The van der Waals surface area contributed by atoms with Gasteiger partial charge in [-0.1, -0.05) is 29.8 Å². The van der Waals surface area contributed by atoms with E-state index in [1.165, 1.54) is 0 Å². The zero-order valence-electron chi connectivity index (χ0n) is 11.9. The maximum Gasteiger partial charge on any atom is 0.241 e. The van der Waals surface area contributed by atoms with Crippen molar-refractivity contribution >= 4 is 33.2 Å². The fourth-order valence-electron chi connectivity index (χ4n) is 2.12. The minimum Gasteiger partial charge on any atom is -0.397 e. The van der Waals surface area contributed by atoms with Gasteiger partial charge in [0.05, 0.1) is 17.4 Å². The van der Waals surface area contributed by atoms with Crippen LogP contribution in [0, 0.1) is 11.8 Å². The number of anilines is 2. The molecule has 1 saturated carbocycles. The number of nitrogens with one attached hydrogen (secondary N) is 2. The molecule has 20 heavy (non-hydrogen) atoms. The van der Waals surface area contributed by atoms with Crippen LogP contribution >= 0.6 is 15.9 Å². The Morgan fingerprint density at radius 3 is 2.70 bits per heavy atom. The van der Waals surface area contributed by atoms with E-state index in [4.69, 9.17) is 5.73 Å². The van der Waals surface area contributed by atoms with Gasteiger partial charge in [-0.15, -0.1) is 0 Å². The van der Waals surface area contributed by atoms with Crippen molar-refractivity contribution in [1.82, 2.24) is 5.32 Å². The first-order valence-corrected chi connectivity index (χ1v) is 7.86. The van der Waals surface area contributed by atoms with Crippen LogP contribution in [-0.4, -0.2) is 18.5 Å². The summed E-state index contributed by atoms with van der Waals surface area (Å²) in [6.45, 7) is 5.13. The molecular weight excluding hydrogens is 318 g/mol. The summed E-state index contributed by atoms with van der Waals surface area (Å²) in [6.07, 6.45) is 2.25. The second-order valence-electron chi connectivity index (χ2n) is 5.84. The normalized spacial score (nSPS) is 16.2. The molecule has 4 nitrogen and oxygen atoms in total. The molecule has 0 bridgehead atoms. The third kappa shape index (κ3) is 4.21. The lowest BCUT2D eigenvalue weighted by atomic mass is 10.1. The fraction of sp³-hybridized carbons (Fsp3) is 0.533. The predicted octanol–water partition coefficient (Wildman–Crippen LogP) is 2.99. The number of benzene rings is 1. The number of halogens is 1. The number of carbonyl (C=O) groups is 1. The first-order valence-electron chi connectivity index (χ1n) is 7.06. The molecule has 0 aromatic heterocycles. The third-order valence-corrected chi connectivity index (χ3v) is 3.89. The first kappa shape index (κ1) is 15.3. The van der Waals surface area contributed by atoms with Crippen molar-refractivity contribution in [2.45, 2.75) is 32.7 Å². The van der Waals surface area contributed by atoms with E-state index < -0.39 is 0 Å². The zero-order chi connectivity index (χ0) is 14.7. The molecule has 1 fully saturated rings. The Hall–Kier alpha value is -1.07. The van der Waals surface area contributed by atoms with Gasteiger partial charge in [0, 0.05) is 4.47 Å². The molecule has 1 atom stereocenters. The summed E-state index contributed by atoms with van der Waals surface area (Å²) in [5, 5.41) is 6.31. The Kier molecular flexibility index (Phi) is 5.05. The van der Waals surface area contributed by atoms with Crippen LogP contribution < -0.4 is 16.4 Å². The van der Waals surface area contributed by atoms with Crippen molar-refractivity contribution in [2.75, 3.05) is 17.6 Å². The molecule has 1 aliphatic carbocycles. The summed E-state index contributed by atoms with van der Waals surface area (Å²) in [5.74, 6) is 1.01. The topological polar surface area (TPSA) is 67.2 Å². The van der Waals surface area contributed by atoms with Crippen molar-refractivity contribution in [3.8, 4) is 0 Å². The summed E-state index contributed by atoms with van der Waals surface area (Å²) in [5.41, 5.74) is 7.17. The predicted molar refractivity (Wildman–Crippen MR) is 86.5 cm³/mol. The molecule has 1 aromatic rings. The van der Waals surface area contributed by atoms with Gasteiger partial charge in [-0.25, -0.2) is 0 Å². The van der Waals surface area contributed by atoms with Crippen molar-refractivity contribution in [3.05, 3.63) is 22.7 Å². The van der Waals surface area contributed by atoms with Gasteiger partial charge in [0.2, 0.25) is 5.91 Å². The number of rotatable bonds is 6. The highest BCUT2D eigenvalue weighted by atomic mass is 79.9. The fourth-order valence-corrected chi connectivity index (χ4v) is 2.50. The molecule has 4 N–H and O–H groups in total. The molecule has 0 aliphatic heterocycles. The summed E-state index contributed by atoms with van der Waals surface area (Å²) >= 11 is 3.36. The average molecular weight is 340 g/mol. The maximum atomic E-state index is 12.4. The minimum absolute atomic E-state index is 0.0159. The van der Waals surface area contributed by atoms with E-state index in [1.807, 2.05) is 12.1 Å². The van der Waals surface area contributed by atoms with E-state index in [0.29, 0.717) is 23.2 Å². The lowest BCUT2D eigenvalue weighted by molar-refractivity contribution is -0.118. The highest BCUT2D eigenvalue weighted by molar-refractivity contribution is 9.10. The SMILES string of the molecule is CC(C)CN[C@@H](C(=O)Nc1ccc(Br)cc1N)C1CC1. The number of hydrogen-bond donors (Lipinski definition) is 3. The van der Waals surface area contributed by atoms with Gasteiger partial charge in [-0.05, 0) is 49.4 Å². The van der Waals surface area contributed by atoms with Gasteiger partial charge in [-0.3, -0.25) is 4.79 Å². The van der Waals surface area contributed by atoms with E-state index in [2.05, 4.69) is 40.4 Å². The highest BCUT2D eigenvalue weighted by Crippen LogP contribution is 2.33. The molecule has 1 aliphatic rings. The van der Waals surface area contributed by atoms with Crippen LogP contribution in [0.4, 0.5) is 11.4 Å². The van der Waals surface area contributed by atoms with E-state index in [-0.39, 0.29) is 11.9 Å². The Morgan fingerprint density at radius 2 is 2.15 bits per heavy atom. The van der Waals surface area contributed by atoms with Gasteiger partial charge < -0.3 is 16.4 Å². The third-order valence-electron chi connectivity index (χ3n) is 3.39. The molecular formula is C15H22BrN3O. The van der Waals surface area contributed by atoms with Crippen LogP contribution in [-0.2, 0) is 4.79 Å². The largest absolute Gasteiger partial charge is 0.397 e. The van der Waals surface area contributed by atoms with Crippen LogP contribution in [0.1, 0.15) is 26.7 Å². The molecule has 110 valence electrons. The highest BCUT2D eigenvalue weighted by Gasteiger charge is 2.36. The Bertz CT molecular complexity index is 486. The molecule has 5 heteroatoms. The van der Waals surface area contributed by atoms with Crippen LogP contribution in [0.2, 0.25) is 0 Å². The van der Waals surface area contributed by atoms with E-state index in [0.717, 1.165) is 23.9 Å². The van der Waals surface area contributed by atoms with Gasteiger partial charge >= 0.3 is 0 Å². The van der Waals surface area contributed by atoms with Crippen LogP contribution in [0.15, 0.2) is 22.7 Å². The summed E-state index contributed by atoms with van der Waals surface area (Å²) in [4.78, 5) is 12.4. The molecule has 0 spiro atoms. The standard InChI is InChI=1S/C15H22BrN3O/c1-9(2)8-18-14(10-3-4-10)15(20)19-13-6-5-11(16)7-12(13)17/h5-7,9-10,14,18H,3-4,8,17H2,1-2H3,(H,19,20)/t14-/m1/s1. The summed E-state index contributed by atoms with van der Waals surface area (Å²) < 4.78 is 0.907. The molecule has 1 amide bonds. The Morgan fingerprint density at radius 1 is 1.45 bits per heavy atom. The maximum absolute atomic E-state index is 12.4. The van der Waals surface area contributed by atoms with Crippen LogP contribution in [0.3, 0.4) is 0 Å². The van der Waals surface area contributed by atoms with Gasteiger partial charge in [-0.2, -0.15) is 0 Å². The molecule has 0 radical (unpaired) electrons. The summed E-state index contributed by atoms with van der Waals surface area (Å²) in [7, 11) is 0. The minimum atomic E-state index is -0.111. The van der Waals surface area contributed by atoms with E-state index in [9.17, 15) is 4.79 Å². The van der Waals surface area contributed by atoms with Gasteiger partial charge in [0.25, 0.3) is 0 Å². The lowest BCUT2D eigenvalue weighted by Crippen LogP contribution is -2.43. The first-order chi connectivity index (χ1) is 9.47. The van der Waals surface area contributed by atoms with Crippen molar-refractivity contribution in [1.29, 1.82) is 0 Å². The quantitative estimate of drug-likeness (QED) is 0.698. The molecule has 0 saturated heterocycles. The van der Waals surface area contributed by atoms with E-state index >= 15 is 0 Å². The summed E-state index contributed by atoms with van der Waals surface area (Å²) in [6, 6.07) is 5.38. The molecule has 2 rings (SSSR count). The Labute approximate surface area is 128 Å². The number of nitrogen functional groups attached to an aromatic ring is 1. The van der Waals surface area contributed by atoms with Crippen LogP contribution in [0.25, 0.3) is 0 Å². The Balaban J connectivity index is 2.00. The second-order valence-corrected chi connectivity index (χ2v) is 6.75. The zero-order valence-corrected chi connectivity index (χ0v) is 13.5. The van der Waals surface area contributed by atoms with Crippen LogP contribution in [0.5, 0.6) is 0 Å². The van der Waals surface area contributed by atoms with Crippen molar-refractivity contribution in [2.24, 2.45) is 11.8 Å². The number of carbonyl (C=O) groups excluding carboxylic acids is 1. The number of hydrogen-bond acceptors (Lipinski definition) is 3. The van der Waals surface area contributed by atoms with E-state index in [1.54, 1.807) is 6.07 Å².